The summed E-state index contributed by atoms with van der Waals surface area (Å²) in [5.41, 5.74) is 1.65. The van der Waals surface area contributed by atoms with Crippen molar-refractivity contribution in [2.24, 2.45) is 0 Å². The van der Waals surface area contributed by atoms with E-state index in [-0.39, 0.29) is 36.8 Å². The third kappa shape index (κ3) is 4.94. The van der Waals surface area contributed by atoms with Gasteiger partial charge in [-0.1, -0.05) is 30.3 Å². The Morgan fingerprint density at radius 3 is 2.68 bits per heavy atom. The van der Waals surface area contributed by atoms with Gasteiger partial charge in [0.1, 0.15) is 4.88 Å². The van der Waals surface area contributed by atoms with E-state index >= 15 is 0 Å². The van der Waals surface area contributed by atoms with Crippen molar-refractivity contribution in [1.82, 2.24) is 15.6 Å². The monoisotopic (exact) mass is 439 g/mol. The molecule has 0 spiro atoms. The number of hydrogen-bond acceptors (Lipinski definition) is 5. The smallest absolute Gasteiger partial charge is 0.263 e. The van der Waals surface area contributed by atoms with Gasteiger partial charge in [-0.3, -0.25) is 4.79 Å². The van der Waals surface area contributed by atoms with E-state index in [0.717, 1.165) is 30.0 Å². The molecule has 3 heterocycles. The van der Waals surface area contributed by atoms with Crippen LogP contribution in [-0.2, 0) is 0 Å². The maximum Gasteiger partial charge on any atom is 0.263 e. The number of carbonyl (C=O) groups is 1. The average Bonchev–Trinajstić information content (AvgIpc) is 3.32. The summed E-state index contributed by atoms with van der Waals surface area (Å²) in [7, 11) is 0. The van der Waals surface area contributed by atoms with Crippen molar-refractivity contribution in [2.75, 3.05) is 6.54 Å². The van der Waals surface area contributed by atoms with E-state index in [2.05, 4.69) is 17.6 Å². The van der Waals surface area contributed by atoms with Gasteiger partial charge in [-0.25, -0.2) is 4.98 Å². The first-order chi connectivity index (χ1) is 12.7. The molecule has 3 aromatic rings. The number of benzene rings is 1. The van der Waals surface area contributed by atoms with Crippen LogP contribution in [0.15, 0.2) is 53.1 Å². The normalized spacial score (nSPS) is 18.6. The molecule has 5 nitrogen and oxygen atoms in total. The molecule has 28 heavy (non-hydrogen) atoms. The van der Waals surface area contributed by atoms with Gasteiger partial charge in [0.25, 0.3) is 5.91 Å². The van der Waals surface area contributed by atoms with Gasteiger partial charge in [-0.05, 0) is 38.4 Å². The minimum atomic E-state index is -0.0572. The number of halogens is 2. The van der Waals surface area contributed by atoms with Crippen LogP contribution in [0.3, 0.4) is 0 Å². The Kier molecular flexibility index (Phi) is 8.07. The molecule has 0 saturated carbocycles. The lowest BCUT2D eigenvalue weighted by Crippen LogP contribution is -2.46. The molecular weight excluding hydrogens is 417 g/mol. The van der Waals surface area contributed by atoms with Crippen LogP contribution in [-0.4, -0.2) is 29.5 Å². The van der Waals surface area contributed by atoms with Gasteiger partial charge < -0.3 is 15.1 Å². The fourth-order valence-corrected chi connectivity index (χ4v) is 4.24. The Morgan fingerprint density at radius 2 is 2.00 bits per heavy atom. The molecule has 2 atom stereocenters. The Labute approximate surface area is 180 Å². The van der Waals surface area contributed by atoms with Gasteiger partial charge >= 0.3 is 0 Å². The van der Waals surface area contributed by atoms with Crippen molar-refractivity contribution >= 4 is 42.1 Å². The number of hydrogen-bond donors (Lipinski definition) is 2. The highest BCUT2D eigenvalue weighted by Gasteiger charge is 2.25. The van der Waals surface area contributed by atoms with E-state index in [9.17, 15) is 4.79 Å². The SMILES string of the molecule is CC1CC(NC(=O)c2sc(-c3ccco3)nc2-c2ccccc2)CCN1.Cl.Cl. The van der Waals surface area contributed by atoms with Crippen LogP contribution >= 0.6 is 36.2 Å². The van der Waals surface area contributed by atoms with Crippen LogP contribution in [0, 0.1) is 0 Å². The van der Waals surface area contributed by atoms with Gasteiger partial charge in [0.15, 0.2) is 10.8 Å². The van der Waals surface area contributed by atoms with E-state index < -0.39 is 0 Å². The van der Waals surface area contributed by atoms with Gasteiger partial charge in [-0.15, -0.1) is 36.2 Å². The van der Waals surface area contributed by atoms with Crippen molar-refractivity contribution in [2.45, 2.75) is 31.8 Å². The fraction of sp³-hybridized carbons (Fsp3) is 0.300. The Balaban J connectivity index is 0.00000140. The van der Waals surface area contributed by atoms with Crippen molar-refractivity contribution in [3.05, 3.63) is 53.6 Å². The molecule has 1 aliphatic rings. The first-order valence-electron chi connectivity index (χ1n) is 8.85. The Morgan fingerprint density at radius 1 is 1.21 bits per heavy atom. The van der Waals surface area contributed by atoms with Crippen LogP contribution in [0.4, 0.5) is 0 Å². The number of rotatable bonds is 4. The Hall–Kier alpha value is -1.86. The summed E-state index contributed by atoms with van der Waals surface area (Å²) in [5.74, 6) is 0.625. The molecule has 150 valence electrons. The number of piperidine rings is 1. The van der Waals surface area contributed by atoms with E-state index in [1.807, 2.05) is 42.5 Å². The van der Waals surface area contributed by atoms with Crippen LogP contribution in [0.25, 0.3) is 22.0 Å². The lowest BCUT2D eigenvalue weighted by atomic mass is 10.0. The second-order valence-corrected chi connectivity index (χ2v) is 7.59. The molecule has 1 fully saturated rings. The second kappa shape index (κ2) is 10.1. The molecule has 2 N–H and O–H groups in total. The van der Waals surface area contributed by atoms with Crippen molar-refractivity contribution < 1.29 is 9.21 Å². The lowest BCUT2D eigenvalue weighted by molar-refractivity contribution is 0.0930. The zero-order valence-corrected chi connectivity index (χ0v) is 17.8. The molecule has 1 aromatic carbocycles. The van der Waals surface area contributed by atoms with Gasteiger partial charge in [0, 0.05) is 17.6 Å². The van der Waals surface area contributed by atoms with Gasteiger partial charge in [0.05, 0.1) is 12.0 Å². The molecule has 1 aliphatic heterocycles. The van der Waals surface area contributed by atoms with E-state index in [0.29, 0.717) is 22.4 Å². The van der Waals surface area contributed by atoms with Crippen LogP contribution in [0.2, 0.25) is 0 Å². The van der Waals surface area contributed by atoms with Crippen LogP contribution < -0.4 is 10.6 Å². The summed E-state index contributed by atoms with van der Waals surface area (Å²) in [4.78, 5) is 18.3. The van der Waals surface area contributed by atoms with Gasteiger partial charge in [0.2, 0.25) is 0 Å². The highest BCUT2D eigenvalue weighted by Crippen LogP contribution is 2.34. The molecule has 2 aromatic heterocycles. The van der Waals surface area contributed by atoms with Crippen LogP contribution in [0.1, 0.15) is 29.4 Å². The summed E-state index contributed by atoms with van der Waals surface area (Å²) < 4.78 is 5.48. The summed E-state index contributed by atoms with van der Waals surface area (Å²) in [6.07, 6.45) is 3.51. The molecule has 4 rings (SSSR count). The fourth-order valence-electron chi connectivity index (χ4n) is 3.29. The van der Waals surface area contributed by atoms with E-state index in [1.165, 1.54) is 11.3 Å². The second-order valence-electron chi connectivity index (χ2n) is 6.59. The quantitative estimate of drug-likeness (QED) is 0.613. The number of carbonyl (C=O) groups excluding carboxylic acids is 1. The molecule has 0 radical (unpaired) electrons. The summed E-state index contributed by atoms with van der Waals surface area (Å²) >= 11 is 1.38. The number of nitrogens with zero attached hydrogens (tertiary/aromatic N) is 1. The molecule has 1 saturated heterocycles. The number of thiazole rings is 1. The Bertz CT molecular complexity index is 884. The standard InChI is InChI=1S/C20H21N3O2S.2ClH/c1-13-12-15(9-10-21-13)22-19(24)18-17(14-6-3-2-4-7-14)23-20(26-18)16-8-5-11-25-16;;/h2-8,11,13,15,21H,9-10,12H2,1H3,(H,22,24);2*1H. The molecule has 2 unspecified atom stereocenters. The van der Waals surface area contributed by atoms with Crippen molar-refractivity contribution in [3.63, 3.8) is 0 Å². The zero-order valence-electron chi connectivity index (χ0n) is 15.4. The topological polar surface area (TPSA) is 67.2 Å². The summed E-state index contributed by atoms with van der Waals surface area (Å²) in [6, 6.07) is 14.1. The highest BCUT2D eigenvalue weighted by atomic mass is 35.5. The average molecular weight is 440 g/mol. The predicted octanol–water partition coefficient (Wildman–Crippen LogP) is 4.78. The maximum atomic E-state index is 13.0. The highest BCUT2D eigenvalue weighted by molar-refractivity contribution is 7.17. The summed E-state index contributed by atoms with van der Waals surface area (Å²) in [6.45, 7) is 3.08. The largest absolute Gasteiger partial charge is 0.462 e. The lowest BCUT2D eigenvalue weighted by Gasteiger charge is -2.28. The molecule has 1 amide bonds. The minimum absolute atomic E-state index is 0. The third-order valence-electron chi connectivity index (χ3n) is 4.57. The number of furan rings is 1. The predicted molar refractivity (Wildman–Crippen MR) is 118 cm³/mol. The molecule has 0 bridgehead atoms. The number of amides is 1. The summed E-state index contributed by atoms with van der Waals surface area (Å²) in [5, 5.41) is 7.33. The number of nitrogens with one attached hydrogen (secondary N) is 2. The maximum absolute atomic E-state index is 13.0. The number of aromatic nitrogens is 1. The zero-order chi connectivity index (χ0) is 17.9. The molecule has 8 heteroatoms. The van der Waals surface area contributed by atoms with Crippen molar-refractivity contribution in [1.29, 1.82) is 0 Å². The minimum Gasteiger partial charge on any atom is -0.462 e. The van der Waals surface area contributed by atoms with Crippen LogP contribution in [0.5, 0.6) is 0 Å². The van der Waals surface area contributed by atoms with Gasteiger partial charge in [-0.2, -0.15) is 0 Å². The van der Waals surface area contributed by atoms with E-state index in [4.69, 9.17) is 9.40 Å². The third-order valence-corrected chi connectivity index (χ3v) is 5.64. The van der Waals surface area contributed by atoms with Crippen molar-refractivity contribution in [3.8, 4) is 22.0 Å². The molecular formula is C20H23Cl2N3O2S. The van der Waals surface area contributed by atoms with E-state index in [1.54, 1.807) is 6.26 Å². The first-order valence-corrected chi connectivity index (χ1v) is 9.66. The first kappa shape index (κ1) is 22.4. The molecule has 0 aliphatic carbocycles.